The minimum absolute atomic E-state index is 0.0590. The summed E-state index contributed by atoms with van der Waals surface area (Å²) in [7, 11) is 2.12. The van der Waals surface area contributed by atoms with Crippen LogP contribution in [0, 0.1) is 5.41 Å². The first-order chi connectivity index (χ1) is 5.46. The van der Waals surface area contributed by atoms with E-state index in [9.17, 15) is 5.11 Å². The molecule has 1 atom stereocenters. The summed E-state index contributed by atoms with van der Waals surface area (Å²) >= 11 is 0. The molecule has 12 heavy (non-hydrogen) atoms. The predicted molar refractivity (Wildman–Crippen MR) is 51.1 cm³/mol. The molecule has 2 nitrogen and oxygen atoms in total. The second kappa shape index (κ2) is 3.00. The summed E-state index contributed by atoms with van der Waals surface area (Å²) in [6.45, 7) is 8.10. The van der Waals surface area contributed by atoms with Crippen molar-refractivity contribution in [3.63, 3.8) is 0 Å². The summed E-state index contributed by atoms with van der Waals surface area (Å²) in [5.74, 6) is 0. The van der Waals surface area contributed by atoms with Gasteiger partial charge in [0.15, 0.2) is 0 Å². The highest BCUT2D eigenvalue weighted by atomic mass is 16.3. The molecular weight excluding hydrogens is 150 g/mol. The van der Waals surface area contributed by atoms with E-state index in [2.05, 4.69) is 32.7 Å². The maximum absolute atomic E-state index is 9.38. The highest BCUT2D eigenvalue weighted by molar-refractivity contribution is 5.00. The van der Waals surface area contributed by atoms with Crippen LogP contribution in [0.4, 0.5) is 0 Å². The molecule has 0 bridgehead atoms. The fraction of sp³-hybridized carbons (Fsp3) is 1.00. The lowest BCUT2D eigenvalue weighted by atomic mass is 9.83. The normalized spacial score (nSPS) is 35.8. The Kier molecular flexibility index (Phi) is 2.50. The Morgan fingerprint density at radius 1 is 1.42 bits per heavy atom. The zero-order valence-corrected chi connectivity index (χ0v) is 8.72. The number of aliphatic hydroxyl groups excluding tert-OH is 1. The molecule has 0 aromatic carbocycles. The number of hydrogen-bond acceptors (Lipinski definition) is 2. The minimum atomic E-state index is 0.0590. The van der Waals surface area contributed by atoms with Crippen LogP contribution < -0.4 is 0 Å². The Morgan fingerprint density at radius 3 is 2.17 bits per heavy atom. The van der Waals surface area contributed by atoms with Crippen molar-refractivity contribution in [2.75, 3.05) is 20.2 Å². The summed E-state index contributed by atoms with van der Waals surface area (Å²) in [5, 5.41) is 9.38. The molecule has 1 aliphatic heterocycles. The molecule has 0 aliphatic carbocycles. The number of rotatable bonds is 2. The number of aliphatic hydroxyl groups is 1. The van der Waals surface area contributed by atoms with Gasteiger partial charge in [0.2, 0.25) is 0 Å². The number of nitrogens with zero attached hydrogens (tertiary/aromatic N) is 1. The van der Waals surface area contributed by atoms with E-state index in [0.717, 1.165) is 19.4 Å². The van der Waals surface area contributed by atoms with Gasteiger partial charge in [0.1, 0.15) is 0 Å². The lowest BCUT2D eigenvalue weighted by Gasteiger charge is -2.33. The fourth-order valence-electron chi connectivity index (χ4n) is 2.57. The van der Waals surface area contributed by atoms with Crippen LogP contribution in [-0.2, 0) is 0 Å². The molecule has 1 unspecified atom stereocenters. The summed E-state index contributed by atoms with van der Waals surface area (Å²) in [4.78, 5) is 2.31. The van der Waals surface area contributed by atoms with E-state index in [4.69, 9.17) is 0 Å². The second-order valence-electron chi connectivity index (χ2n) is 4.93. The topological polar surface area (TPSA) is 23.5 Å². The fourth-order valence-corrected chi connectivity index (χ4v) is 2.57. The van der Waals surface area contributed by atoms with Gasteiger partial charge < -0.3 is 5.11 Å². The van der Waals surface area contributed by atoms with Crippen molar-refractivity contribution in [3.05, 3.63) is 0 Å². The minimum Gasteiger partial charge on any atom is -0.394 e. The van der Waals surface area contributed by atoms with Crippen molar-refractivity contribution in [1.29, 1.82) is 0 Å². The first-order valence-electron chi connectivity index (χ1n) is 4.78. The molecule has 1 aliphatic rings. The van der Waals surface area contributed by atoms with Gasteiger partial charge in [-0.1, -0.05) is 20.8 Å². The molecule has 2 heteroatoms. The summed E-state index contributed by atoms with van der Waals surface area (Å²) in [6, 6.07) is 0. The molecule has 1 N–H and O–H groups in total. The van der Waals surface area contributed by atoms with Crippen molar-refractivity contribution >= 4 is 0 Å². The Hall–Kier alpha value is -0.0800. The van der Waals surface area contributed by atoms with Crippen molar-refractivity contribution in [2.24, 2.45) is 5.41 Å². The molecule has 0 spiro atoms. The smallest absolute Gasteiger partial charge is 0.0615 e. The van der Waals surface area contributed by atoms with Gasteiger partial charge in [0.05, 0.1) is 6.61 Å². The third-order valence-corrected chi connectivity index (χ3v) is 3.23. The molecule has 1 saturated heterocycles. The SMILES string of the molecule is CCC1(CO)CC(C)(C)CN1C. The van der Waals surface area contributed by atoms with Crippen LogP contribution in [0.5, 0.6) is 0 Å². The van der Waals surface area contributed by atoms with E-state index in [1.54, 1.807) is 0 Å². The summed E-state index contributed by atoms with van der Waals surface area (Å²) in [6.07, 6.45) is 2.16. The highest BCUT2D eigenvalue weighted by Crippen LogP contribution is 2.41. The Balaban J connectivity index is 2.79. The van der Waals surface area contributed by atoms with Crippen LogP contribution >= 0.6 is 0 Å². The summed E-state index contributed by atoms with van der Waals surface area (Å²) < 4.78 is 0. The van der Waals surface area contributed by atoms with Crippen LogP contribution in [0.15, 0.2) is 0 Å². The third kappa shape index (κ3) is 1.50. The number of likely N-dealkylation sites (tertiary alicyclic amines) is 1. The van der Waals surface area contributed by atoms with E-state index in [1.165, 1.54) is 0 Å². The maximum atomic E-state index is 9.38. The molecular formula is C10H21NO. The molecule has 0 aromatic rings. The molecule has 1 fully saturated rings. The van der Waals surface area contributed by atoms with Crippen molar-refractivity contribution < 1.29 is 5.11 Å². The molecule has 0 radical (unpaired) electrons. The van der Waals surface area contributed by atoms with Crippen LogP contribution in [0.2, 0.25) is 0 Å². The molecule has 72 valence electrons. The lowest BCUT2D eigenvalue weighted by molar-refractivity contribution is 0.0800. The molecule has 0 saturated carbocycles. The Bertz CT molecular complexity index is 161. The maximum Gasteiger partial charge on any atom is 0.0615 e. The van der Waals surface area contributed by atoms with Gasteiger partial charge in [0, 0.05) is 12.1 Å². The quantitative estimate of drug-likeness (QED) is 0.680. The van der Waals surface area contributed by atoms with Crippen molar-refractivity contribution in [1.82, 2.24) is 4.90 Å². The molecule has 0 amide bonds. The standard InChI is InChI=1S/C10H21NO/c1-5-10(8-12)6-9(2,3)7-11(10)4/h12H,5-8H2,1-4H3. The van der Waals surface area contributed by atoms with Gasteiger partial charge >= 0.3 is 0 Å². The van der Waals surface area contributed by atoms with E-state index in [0.29, 0.717) is 12.0 Å². The first kappa shape index (κ1) is 10.0. The molecule has 1 rings (SSSR count). The largest absolute Gasteiger partial charge is 0.394 e. The van der Waals surface area contributed by atoms with Crippen LogP contribution in [0.3, 0.4) is 0 Å². The van der Waals surface area contributed by atoms with Gasteiger partial charge in [-0.15, -0.1) is 0 Å². The van der Waals surface area contributed by atoms with Gasteiger partial charge in [-0.3, -0.25) is 4.90 Å². The van der Waals surface area contributed by atoms with E-state index >= 15 is 0 Å². The third-order valence-electron chi connectivity index (χ3n) is 3.23. The molecule has 0 aromatic heterocycles. The van der Waals surface area contributed by atoms with E-state index < -0.39 is 0 Å². The van der Waals surface area contributed by atoms with Crippen LogP contribution in [-0.4, -0.2) is 35.7 Å². The first-order valence-corrected chi connectivity index (χ1v) is 4.78. The lowest BCUT2D eigenvalue weighted by Crippen LogP contribution is -2.43. The van der Waals surface area contributed by atoms with Gasteiger partial charge in [0.25, 0.3) is 0 Å². The Morgan fingerprint density at radius 2 is 2.00 bits per heavy atom. The monoisotopic (exact) mass is 171 g/mol. The second-order valence-corrected chi connectivity index (χ2v) is 4.93. The van der Waals surface area contributed by atoms with Crippen LogP contribution in [0.25, 0.3) is 0 Å². The molecule has 1 heterocycles. The van der Waals surface area contributed by atoms with Crippen LogP contribution in [0.1, 0.15) is 33.6 Å². The highest BCUT2D eigenvalue weighted by Gasteiger charge is 2.45. The Labute approximate surface area is 75.6 Å². The van der Waals surface area contributed by atoms with E-state index in [-0.39, 0.29) is 5.54 Å². The number of hydrogen-bond donors (Lipinski definition) is 1. The summed E-state index contributed by atoms with van der Waals surface area (Å²) in [5.41, 5.74) is 0.428. The zero-order valence-electron chi connectivity index (χ0n) is 8.72. The van der Waals surface area contributed by atoms with E-state index in [1.807, 2.05) is 0 Å². The average Bonchev–Trinajstić information content (AvgIpc) is 2.21. The van der Waals surface area contributed by atoms with Gasteiger partial charge in [-0.05, 0) is 25.3 Å². The van der Waals surface area contributed by atoms with Crippen molar-refractivity contribution in [2.45, 2.75) is 39.2 Å². The predicted octanol–water partition coefficient (Wildman–Crippen LogP) is 1.49. The number of likely N-dealkylation sites (N-methyl/N-ethyl adjacent to an activating group) is 1. The van der Waals surface area contributed by atoms with Crippen molar-refractivity contribution in [3.8, 4) is 0 Å². The van der Waals surface area contributed by atoms with Gasteiger partial charge in [-0.2, -0.15) is 0 Å². The average molecular weight is 171 g/mol. The zero-order chi connectivity index (χ0) is 9.41. The van der Waals surface area contributed by atoms with Gasteiger partial charge in [-0.25, -0.2) is 0 Å².